The van der Waals surface area contributed by atoms with E-state index >= 15 is 0 Å². The molecular weight excluding hydrogens is 488 g/mol. The summed E-state index contributed by atoms with van der Waals surface area (Å²) in [6.07, 6.45) is 6.86. The van der Waals surface area contributed by atoms with Gasteiger partial charge in [0, 0.05) is 31.1 Å². The Morgan fingerprint density at radius 2 is 1.97 bits per heavy atom. The average Bonchev–Trinajstić information content (AvgIpc) is 3.42. The Hall–Kier alpha value is -3.49. The topological polar surface area (TPSA) is 97.4 Å². The molecule has 3 aliphatic heterocycles. The van der Waals surface area contributed by atoms with Crippen LogP contribution in [0.5, 0.6) is 0 Å². The highest BCUT2D eigenvalue weighted by Gasteiger charge is 2.53. The smallest absolute Gasteiger partial charge is 0.343 e. The molecule has 8 nitrogen and oxygen atoms in total. The zero-order valence-corrected chi connectivity index (χ0v) is 22.2. The number of esters is 3. The minimum Gasteiger partial charge on any atom is -0.457 e. The highest BCUT2D eigenvalue weighted by atomic mass is 16.7. The molecule has 2 bridgehead atoms. The monoisotopic (exact) mass is 522 g/mol. The van der Waals surface area contributed by atoms with Crippen molar-refractivity contribution in [2.24, 2.45) is 11.8 Å². The second kappa shape index (κ2) is 11.1. The Morgan fingerprint density at radius 3 is 2.66 bits per heavy atom. The molecule has 8 heteroatoms. The van der Waals surface area contributed by atoms with Crippen LogP contribution in [-0.4, -0.2) is 49.1 Å². The quantitative estimate of drug-likeness (QED) is 0.210. The molecule has 0 saturated carbocycles. The molecule has 0 aliphatic carbocycles. The Bertz CT molecular complexity index is 1200. The minimum atomic E-state index is -0.890. The van der Waals surface area contributed by atoms with Gasteiger partial charge in [0.2, 0.25) is 0 Å². The van der Waals surface area contributed by atoms with Gasteiger partial charge < -0.3 is 23.7 Å². The van der Waals surface area contributed by atoms with Crippen LogP contribution in [0.4, 0.5) is 0 Å². The number of hydrogen-bond donors (Lipinski definition) is 0. The van der Waals surface area contributed by atoms with Gasteiger partial charge in [0.1, 0.15) is 18.5 Å². The van der Waals surface area contributed by atoms with Crippen LogP contribution in [0, 0.1) is 11.8 Å². The molecule has 0 N–H and O–H groups in total. The third kappa shape index (κ3) is 5.66. The zero-order valence-electron chi connectivity index (χ0n) is 22.2. The largest absolute Gasteiger partial charge is 0.457 e. The number of carbonyl (C=O) groups excluding carboxylic acids is 3. The normalized spacial score (nSPS) is 30.8. The van der Waals surface area contributed by atoms with E-state index in [1.54, 1.807) is 26.2 Å². The number of fused-ring (bicyclic) bond motifs is 3. The van der Waals surface area contributed by atoms with Crippen LogP contribution in [0.1, 0.15) is 45.6 Å². The van der Waals surface area contributed by atoms with Crippen LogP contribution in [0.25, 0.3) is 6.08 Å². The van der Waals surface area contributed by atoms with Crippen molar-refractivity contribution < 1.29 is 38.1 Å². The number of rotatable bonds is 8. The van der Waals surface area contributed by atoms with Crippen molar-refractivity contribution in [1.82, 2.24) is 0 Å². The lowest BCUT2D eigenvalue weighted by Crippen LogP contribution is -2.42. The third-order valence-electron chi connectivity index (χ3n) is 7.39. The first-order chi connectivity index (χ1) is 18.1. The molecule has 1 saturated heterocycles. The lowest BCUT2D eigenvalue weighted by atomic mass is 9.85. The first-order valence-electron chi connectivity index (χ1n) is 12.8. The standard InChI is InChI=1S/C30H34O8/c1-6-19(2)27(32)36-23-16-20(3)30(34-5)15-14-29(4,38-30)17-24-26(23)22(28(33)37-24)18-35-25(31)13-12-21-10-8-7-9-11-21/h6-13,17,19-20,23H,1,14-16,18H2,2-5H3/b13-12+,24-17+/t19?,20-,23+,29-,30+/m1/s1. The molecule has 4 rings (SSSR count). The van der Waals surface area contributed by atoms with Gasteiger partial charge in [0.15, 0.2) is 5.79 Å². The van der Waals surface area contributed by atoms with E-state index in [9.17, 15) is 14.4 Å². The first kappa shape index (κ1) is 27.5. The fourth-order valence-corrected chi connectivity index (χ4v) is 5.05. The molecule has 5 atom stereocenters. The molecular formula is C30H34O8. The summed E-state index contributed by atoms with van der Waals surface area (Å²) in [5, 5.41) is 0. The summed E-state index contributed by atoms with van der Waals surface area (Å²) >= 11 is 0. The van der Waals surface area contributed by atoms with Crippen LogP contribution < -0.4 is 0 Å². The molecule has 0 amide bonds. The molecule has 3 aliphatic rings. The first-order valence-corrected chi connectivity index (χ1v) is 12.8. The van der Waals surface area contributed by atoms with Gasteiger partial charge in [0.25, 0.3) is 0 Å². The third-order valence-corrected chi connectivity index (χ3v) is 7.39. The molecule has 3 heterocycles. The van der Waals surface area contributed by atoms with E-state index in [4.69, 9.17) is 23.7 Å². The predicted molar refractivity (Wildman–Crippen MR) is 139 cm³/mol. The SMILES string of the molecule is C=CC(C)C(=O)O[C@H]1C[C@@H](C)[C@]2(OC)CC[C@](C)(/C=C3/OC(=O)C(COC(=O)/C=C/c4ccccc4)=C31)O2. The van der Waals surface area contributed by atoms with Crippen LogP contribution in [0.15, 0.2) is 72.0 Å². The number of carbonyl (C=O) groups is 3. The van der Waals surface area contributed by atoms with E-state index in [0.717, 1.165) is 5.56 Å². The lowest BCUT2D eigenvalue weighted by molar-refractivity contribution is -0.255. The summed E-state index contributed by atoms with van der Waals surface area (Å²) in [6.45, 7) is 8.88. The highest BCUT2D eigenvalue weighted by molar-refractivity contribution is 5.96. The molecule has 0 spiro atoms. The van der Waals surface area contributed by atoms with Crippen molar-refractivity contribution in [3.63, 3.8) is 0 Å². The zero-order chi connectivity index (χ0) is 27.5. The Kier molecular flexibility index (Phi) is 8.04. The fourth-order valence-electron chi connectivity index (χ4n) is 5.05. The molecule has 0 radical (unpaired) electrons. The van der Waals surface area contributed by atoms with E-state index in [-0.39, 0.29) is 23.9 Å². The van der Waals surface area contributed by atoms with Crippen molar-refractivity contribution in [1.29, 1.82) is 0 Å². The second-order valence-corrected chi connectivity index (χ2v) is 10.2. The summed E-state index contributed by atoms with van der Waals surface area (Å²) in [6, 6.07) is 9.30. The number of ether oxygens (including phenoxy) is 5. The van der Waals surface area contributed by atoms with Crippen LogP contribution in [0.2, 0.25) is 0 Å². The summed E-state index contributed by atoms with van der Waals surface area (Å²) in [4.78, 5) is 38.3. The molecule has 1 aromatic carbocycles. The van der Waals surface area contributed by atoms with Gasteiger partial charge in [-0.15, -0.1) is 6.58 Å². The molecule has 1 fully saturated rings. The second-order valence-electron chi connectivity index (χ2n) is 10.2. The Labute approximate surface area is 222 Å². The van der Waals surface area contributed by atoms with E-state index in [0.29, 0.717) is 24.8 Å². The number of methoxy groups -OCH3 is 1. The van der Waals surface area contributed by atoms with Crippen molar-refractivity contribution in [2.45, 2.75) is 57.5 Å². The fraction of sp³-hybridized carbons (Fsp3) is 0.433. The maximum Gasteiger partial charge on any atom is 0.343 e. The summed E-state index contributed by atoms with van der Waals surface area (Å²) < 4.78 is 29.3. The maximum absolute atomic E-state index is 13.0. The van der Waals surface area contributed by atoms with Crippen LogP contribution in [0.3, 0.4) is 0 Å². The van der Waals surface area contributed by atoms with Gasteiger partial charge in [-0.3, -0.25) is 4.79 Å². The molecule has 0 aromatic heterocycles. The van der Waals surface area contributed by atoms with E-state index < -0.39 is 41.3 Å². The molecule has 1 aromatic rings. The van der Waals surface area contributed by atoms with Gasteiger partial charge in [-0.2, -0.15) is 0 Å². The van der Waals surface area contributed by atoms with Gasteiger partial charge in [-0.05, 0) is 44.4 Å². The van der Waals surface area contributed by atoms with Crippen LogP contribution in [-0.2, 0) is 38.1 Å². The van der Waals surface area contributed by atoms with Crippen molar-refractivity contribution in [3.8, 4) is 0 Å². The highest BCUT2D eigenvalue weighted by Crippen LogP contribution is 2.49. The summed E-state index contributed by atoms with van der Waals surface area (Å²) in [5.41, 5.74) is 0.570. The number of hydrogen-bond acceptors (Lipinski definition) is 8. The van der Waals surface area contributed by atoms with Crippen LogP contribution >= 0.6 is 0 Å². The van der Waals surface area contributed by atoms with Crippen molar-refractivity contribution in [3.05, 3.63) is 77.6 Å². The minimum absolute atomic E-state index is 0.127. The van der Waals surface area contributed by atoms with Gasteiger partial charge in [-0.1, -0.05) is 43.3 Å². The molecule has 38 heavy (non-hydrogen) atoms. The molecule has 202 valence electrons. The van der Waals surface area contributed by atoms with E-state index in [1.807, 2.05) is 44.2 Å². The van der Waals surface area contributed by atoms with Crippen molar-refractivity contribution in [2.75, 3.05) is 13.7 Å². The van der Waals surface area contributed by atoms with Gasteiger partial charge >= 0.3 is 17.9 Å². The van der Waals surface area contributed by atoms with Gasteiger partial charge in [-0.25, -0.2) is 9.59 Å². The average molecular weight is 523 g/mol. The maximum atomic E-state index is 13.0. The van der Waals surface area contributed by atoms with Gasteiger partial charge in [0.05, 0.1) is 17.1 Å². The van der Waals surface area contributed by atoms with E-state index in [1.165, 1.54) is 12.2 Å². The molecule has 1 unspecified atom stereocenters. The summed E-state index contributed by atoms with van der Waals surface area (Å²) in [7, 11) is 1.60. The Balaban J connectivity index is 1.69. The van der Waals surface area contributed by atoms with E-state index in [2.05, 4.69) is 6.58 Å². The van der Waals surface area contributed by atoms with Crippen molar-refractivity contribution >= 4 is 24.0 Å². The summed E-state index contributed by atoms with van der Waals surface area (Å²) in [5.74, 6) is -3.18. The number of benzene rings is 1. The predicted octanol–water partition coefficient (Wildman–Crippen LogP) is 4.67. The lowest BCUT2D eigenvalue weighted by Gasteiger charge is -2.36. The Morgan fingerprint density at radius 1 is 1.24 bits per heavy atom.